The molecular weight excluding hydrogens is 284 g/mol. The Labute approximate surface area is 128 Å². The fourth-order valence-corrected chi connectivity index (χ4v) is 2.83. The Morgan fingerprint density at radius 1 is 1.24 bits per heavy atom. The van der Waals surface area contributed by atoms with E-state index in [1.54, 1.807) is 11.8 Å². The Balaban J connectivity index is 2.00. The highest BCUT2D eigenvalue weighted by molar-refractivity contribution is 7.98. The number of benzene rings is 2. The number of carbonyl (C=O) groups is 1. The van der Waals surface area contributed by atoms with Crippen LogP contribution in [-0.2, 0) is 0 Å². The van der Waals surface area contributed by atoms with Crippen molar-refractivity contribution in [1.29, 1.82) is 0 Å². The van der Waals surface area contributed by atoms with Gasteiger partial charge in [-0.1, -0.05) is 30.3 Å². The zero-order valence-electron chi connectivity index (χ0n) is 12.0. The average Bonchev–Trinajstić information content (AvgIpc) is 2.47. The van der Waals surface area contributed by atoms with E-state index in [1.807, 2.05) is 48.7 Å². The molecule has 2 rings (SSSR count). The summed E-state index contributed by atoms with van der Waals surface area (Å²) in [5, 5.41) is 17.0. The van der Waals surface area contributed by atoms with Crippen molar-refractivity contribution in [1.82, 2.24) is 5.32 Å². The van der Waals surface area contributed by atoms with Crippen LogP contribution in [0.3, 0.4) is 0 Å². The first kappa shape index (κ1) is 15.7. The standard InChI is InChI=1S/C16H20N2O2S/c1-21-11-15(8-9-19)18-16(20)17-14-7-6-12-4-2-3-5-13(12)10-14/h2-7,10,15,19H,8-9,11H2,1H3,(H2,17,18,20). The number of carbonyl (C=O) groups excluding carboxylic acids is 1. The molecule has 3 N–H and O–H groups in total. The Morgan fingerprint density at radius 3 is 2.71 bits per heavy atom. The molecule has 1 atom stereocenters. The maximum atomic E-state index is 12.0. The highest BCUT2D eigenvalue weighted by atomic mass is 32.2. The number of urea groups is 1. The first-order valence-corrected chi connectivity index (χ1v) is 8.28. The van der Waals surface area contributed by atoms with Crippen molar-refractivity contribution in [3.8, 4) is 0 Å². The molecule has 0 fully saturated rings. The molecular formula is C16H20N2O2S. The Morgan fingerprint density at radius 2 is 2.00 bits per heavy atom. The smallest absolute Gasteiger partial charge is 0.319 e. The van der Waals surface area contributed by atoms with E-state index in [-0.39, 0.29) is 18.7 Å². The van der Waals surface area contributed by atoms with Crippen molar-refractivity contribution in [3.63, 3.8) is 0 Å². The van der Waals surface area contributed by atoms with Crippen LogP contribution in [0.15, 0.2) is 42.5 Å². The van der Waals surface area contributed by atoms with Crippen LogP contribution in [0.25, 0.3) is 10.8 Å². The second-order valence-electron chi connectivity index (χ2n) is 4.82. The molecule has 0 heterocycles. The minimum atomic E-state index is -0.238. The van der Waals surface area contributed by atoms with Crippen LogP contribution in [0.4, 0.5) is 10.5 Å². The highest BCUT2D eigenvalue weighted by Gasteiger charge is 2.11. The first-order chi connectivity index (χ1) is 10.2. The second-order valence-corrected chi connectivity index (χ2v) is 5.74. The lowest BCUT2D eigenvalue weighted by Gasteiger charge is -2.17. The van der Waals surface area contributed by atoms with E-state index in [2.05, 4.69) is 10.6 Å². The summed E-state index contributed by atoms with van der Waals surface area (Å²) in [5.74, 6) is 0.783. The molecule has 0 saturated carbocycles. The SMILES string of the molecule is CSCC(CCO)NC(=O)Nc1ccc2ccccc2c1. The summed E-state index contributed by atoms with van der Waals surface area (Å²) in [5.41, 5.74) is 0.762. The van der Waals surface area contributed by atoms with Gasteiger partial charge in [-0.25, -0.2) is 4.79 Å². The summed E-state index contributed by atoms with van der Waals surface area (Å²) in [6.45, 7) is 0.0709. The molecule has 0 radical (unpaired) electrons. The fourth-order valence-electron chi connectivity index (χ4n) is 2.17. The molecule has 0 aliphatic carbocycles. The maximum absolute atomic E-state index is 12.0. The quantitative estimate of drug-likeness (QED) is 0.768. The number of hydrogen-bond donors (Lipinski definition) is 3. The minimum absolute atomic E-state index is 0.0227. The highest BCUT2D eigenvalue weighted by Crippen LogP contribution is 2.18. The Hall–Kier alpha value is -1.72. The van der Waals surface area contributed by atoms with Crippen molar-refractivity contribution in [2.45, 2.75) is 12.5 Å². The number of thioether (sulfide) groups is 1. The molecule has 4 nitrogen and oxygen atoms in total. The molecule has 0 saturated heterocycles. The lowest BCUT2D eigenvalue weighted by molar-refractivity contribution is 0.241. The predicted octanol–water partition coefficient (Wildman–Crippen LogP) is 3.08. The molecule has 1 unspecified atom stereocenters. The van der Waals surface area contributed by atoms with Gasteiger partial charge in [0.2, 0.25) is 0 Å². The summed E-state index contributed by atoms with van der Waals surface area (Å²) in [7, 11) is 0. The van der Waals surface area contributed by atoms with Crippen molar-refractivity contribution < 1.29 is 9.90 Å². The zero-order valence-corrected chi connectivity index (χ0v) is 12.8. The molecule has 0 aromatic heterocycles. The van der Waals surface area contributed by atoms with Gasteiger partial charge in [0.15, 0.2) is 0 Å². The summed E-state index contributed by atoms with van der Waals surface area (Å²) < 4.78 is 0. The number of fused-ring (bicyclic) bond motifs is 1. The lowest BCUT2D eigenvalue weighted by Crippen LogP contribution is -2.40. The Kier molecular flexibility index (Phi) is 5.90. The Bertz CT molecular complexity index is 598. The fraction of sp³-hybridized carbons (Fsp3) is 0.312. The third kappa shape index (κ3) is 4.65. The molecule has 5 heteroatoms. The number of amides is 2. The number of rotatable bonds is 6. The van der Waals surface area contributed by atoms with Gasteiger partial charge < -0.3 is 15.7 Å². The predicted molar refractivity (Wildman–Crippen MR) is 90.0 cm³/mol. The van der Waals surface area contributed by atoms with Crippen molar-refractivity contribution in [2.24, 2.45) is 0 Å². The van der Waals surface area contributed by atoms with Gasteiger partial charge in [0, 0.05) is 24.1 Å². The van der Waals surface area contributed by atoms with Crippen molar-refractivity contribution >= 4 is 34.3 Å². The van der Waals surface area contributed by atoms with Crippen LogP contribution >= 0.6 is 11.8 Å². The molecule has 2 aromatic rings. The summed E-state index contributed by atoms with van der Waals surface area (Å²) in [6.07, 6.45) is 2.54. The topological polar surface area (TPSA) is 61.4 Å². The lowest BCUT2D eigenvalue weighted by atomic mass is 10.1. The summed E-state index contributed by atoms with van der Waals surface area (Å²) in [4.78, 5) is 12.0. The van der Waals surface area contributed by atoms with Gasteiger partial charge in [-0.3, -0.25) is 0 Å². The van der Waals surface area contributed by atoms with Crippen LogP contribution < -0.4 is 10.6 Å². The van der Waals surface area contributed by atoms with E-state index in [1.165, 1.54) is 0 Å². The second kappa shape index (κ2) is 7.90. The molecule has 0 aliphatic heterocycles. The van der Waals surface area contributed by atoms with Gasteiger partial charge >= 0.3 is 6.03 Å². The number of hydrogen-bond acceptors (Lipinski definition) is 3. The zero-order chi connectivity index (χ0) is 15.1. The van der Waals surface area contributed by atoms with E-state index in [0.717, 1.165) is 22.2 Å². The van der Waals surface area contributed by atoms with E-state index in [0.29, 0.717) is 6.42 Å². The average molecular weight is 304 g/mol. The monoisotopic (exact) mass is 304 g/mol. The van der Waals surface area contributed by atoms with Gasteiger partial charge in [-0.2, -0.15) is 11.8 Å². The molecule has 2 aromatic carbocycles. The van der Waals surface area contributed by atoms with Crippen LogP contribution in [0, 0.1) is 0 Å². The molecule has 0 bridgehead atoms. The van der Waals surface area contributed by atoms with Gasteiger partial charge in [0.1, 0.15) is 0 Å². The van der Waals surface area contributed by atoms with E-state index in [9.17, 15) is 4.79 Å². The van der Waals surface area contributed by atoms with Gasteiger partial charge in [0.05, 0.1) is 0 Å². The van der Waals surface area contributed by atoms with E-state index < -0.39 is 0 Å². The molecule has 112 valence electrons. The summed E-state index contributed by atoms with van der Waals surface area (Å²) >= 11 is 1.65. The van der Waals surface area contributed by atoms with Crippen molar-refractivity contribution in [3.05, 3.63) is 42.5 Å². The molecule has 0 spiro atoms. The number of anilines is 1. The van der Waals surface area contributed by atoms with Crippen LogP contribution in [-0.4, -0.2) is 35.8 Å². The third-order valence-electron chi connectivity index (χ3n) is 3.19. The molecule has 0 aliphatic rings. The normalized spacial score (nSPS) is 12.1. The first-order valence-electron chi connectivity index (χ1n) is 6.89. The molecule has 21 heavy (non-hydrogen) atoms. The largest absolute Gasteiger partial charge is 0.396 e. The van der Waals surface area contributed by atoms with Gasteiger partial charge in [-0.05, 0) is 35.6 Å². The van der Waals surface area contributed by atoms with E-state index in [4.69, 9.17) is 5.11 Å². The molecule has 2 amide bonds. The minimum Gasteiger partial charge on any atom is -0.396 e. The number of aliphatic hydroxyl groups excluding tert-OH is 1. The van der Waals surface area contributed by atoms with Gasteiger partial charge in [0.25, 0.3) is 0 Å². The number of aliphatic hydroxyl groups is 1. The van der Waals surface area contributed by atoms with Gasteiger partial charge in [-0.15, -0.1) is 0 Å². The third-order valence-corrected chi connectivity index (χ3v) is 3.92. The van der Waals surface area contributed by atoms with Crippen LogP contribution in [0.5, 0.6) is 0 Å². The van der Waals surface area contributed by atoms with Crippen molar-refractivity contribution in [2.75, 3.05) is 23.9 Å². The van der Waals surface area contributed by atoms with Crippen LogP contribution in [0.1, 0.15) is 6.42 Å². The van der Waals surface area contributed by atoms with E-state index >= 15 is 0 Å². The summed E-state index contributed by atoms with van der Waals surface area (Å²) in [6, 6.07) is 13.6. The van der Waals surface area contributed by atoms with Crippen LogP contribution in [0.2, 0.25) is 0 Å². The maximum Gasteiger partial charge on any atom is 0.319 e. The number of nitrogens with one attached hydrogen (secondary N) is 2.